The Hall–Kier alpha value is -4.00. The number of piperidine rings is 2. The maximum absolute atomic E-state index is 14.0. The molecule has 6 rings (SSSR count). The number of likely N-dealkylation sites (tertiary alicyclic amines) is 1. The quantitative estimate of drug-likeness (QED) is 0.336. The third-order valence-corrected chi connectivity index (χ3v) is 10.6. The molecule has 3 fully saturated rings. The van der Waals surface area contributed by atoms with E-state index in [1.165, 1.54) is 28.7 Å². The fourth-order valence-corrected chi connectivity index (χ4v) is 7.58. The molecule has 2 N–H and O–H groups in total. The molecule has 0 aliphatic carbocycles. The molecular weight excluding hydrogens is 620 g/mol. The molecule has 12 nitrogen and oxygen atoms in total. The maximum Gasteiger partial charge on any atom is 0.426 e. The van der Waals surface area contributed by atoms with Gasteiger partial charge >= 0.3 is 11.8 Å². The van der Waals surface area contributed by atoms with Crippen molar-refractivity contribution in [2.75, 3.05) is 59.4 Å². The van der Waals surface area contributed by atoms with Gasteiger partial charge in [-0.15, -0.1) is 10.2 Å². The molecule has 0 unspecified atom stereocenters. The van der Waals surface area contributed by atoms with Gasteiger partial charge in [-0.2, -0.15) is 0 Å². The van der Waals surface area contributed by atoms with E-state index in [0.29, 0.717) is 57.3 Å². The molecule has 3 saturated heterocycles. The molecule has 3 aliphatic heterocycles. The van der Waals surface area contributed by atoms with Crippen LogP contribution < -0.4 is 11.0 Å². The zero-order valence-electron chi connectivity index (χ0n) is 29.3. The molecule has 0 saturated carbocycles. The lowest BCUT2D eigenvalue weighted by Gasteiger charge is -2.42. The number of hydroxylamine groups is 2. The second kappa shape index (κ2) is 16.1. The molecule has 12 heteroatoms. The summed E-state index contributed by atoms with van der Waals surface area (Å²) in [4.78, 5) is 55.6. The molecule has 264 valence electrons. The second-order valence-electron chi connectivity index (χ2n) is 13.7. The highest BCUT2D eigenvalue weighted by atomic mass is 16.7. The van der Waals surface area contributed by atoms with Crippen molar-refractivity contribution in [2.45, 2.75) is 76.9 Å². The Morgan fingerprint density at radius 3 is 2.22 bits per heavy atom. The van der Waals surface area contributed by atoms with Crippen molar-refractivity contribution in [1.82, 2.24) is 39.8 Å². The van der Waals surface area contributed by atoms with Gasteiger partial charge in [0.15, 0.2) is 5.82 Å². The average Bonchev–Trinajstić information content (AvgIpc) is 3.53. The van der Waals surface area contributed by atoms with Crippen LogP contribution in [0.1, 0.15) is 62.3 Å². The Labute approximate surface area is 289 Å². The van der Waals surface area contributed by atoms with Gasteiger partial charge in [-0.3, -0.25) is 14.7 Å². The molecule has 1 atom stereocenters. The average molecular weight is 673 g/mol. The highest BCUT2D eigenvalue weighted by molar-refractivity contribution is 5.86. The Kier molecular flexibility index (Phi) is 11.5. The van der Waals surface area contributed by atoms with Crippen LogP contribution in [0.2, 0.25) is 0 Å². The van der Waals surface area contributed by atoms with E-state index < -0.39 is 12.1 Å². The number of rotatable bonds is 10. The number of piperazine rings is 1. The first-order valence-electron chi connectivity index (χ1n) is 18.1. The van der Waals surface area contributed by atoms with Crippen LogP contribution >= 0.6 is 0 Å². The number of carbonyl (C=O) groups excluding carboxylic acids is 2. The van der Waals surface area contributed by atoms with Crippen LogP contribution in [0.3, 0.4) is 0 Å². The molecule has 2 aromatic carbocycles. The van der Waals surface area contributed by atoms with Crippen molar-refractivity contribution in [3.8, 4) is 11.4 Å². The first-order chi connectivity index (χ1) is 23.8. The van der Waals surface area contributed by atoms with Gasteiger partial charge in [0.25, 0.3) is 0 Å². The van der Waals surface area contributed by atoms with Crippen molar-refractivity contribution in [3.05, 3.63) is 75.7 Å². The fourth-order valence-electron chi connectivity index (χ4n) is 7.58. The summed E-state index contributed by atoms with van der Waals surface area (Å²) in [6, 6.07) is 15.7. The SMILES string of the molecule is CCc1ccc(C[C@@H](NC(=O)ON2CCC(n3nc(-c4ccccc4)[nH]c3=O)CC2)C(=O)N2CCN(C3CCN(C)CC3)CC2)cc1CC. The number of aromatic nitrogens is 3. The number of H-pyrrole nitrogens is 1. The van der Waals surface area contributed by atoms with Gasteiger partial charge in [-0.1, -0.05) is 62.4 Å². The zero-order valence-corrected chi connectivity index (χ0v) is 29.3. The fraction of sp³-hybridized carbons (Fsp3) is 0.568. The van der Waals surface area contributed by atoms with E-state index in [2.05, 4.69) is 64.3 Å². The first-order valence-corrected chi connectivity index (χ1v) is 18.1. The van der Waals surface area contributed by atoms with Crippen molar-refractivity contribution < 1.29 is 14.4 Å². The van der Waals surface area contributed by atoms with Gasteiger partial charge in [0, 0.05) is 57.3 Å². The minimum Gasteiger partial charge on any atom is -0.351 e. The molecule has 2 amide bonds. The number of nitrogens with zero attached hydrogens (tertiary/aromatic N) is 6. The number of carbonyl (C=O) groups is 2. The van der Waals surface area contributed by atoms with E-state index in [1.807, 2.05) is 35.2 Å². The Bertz CT molecular complexity index is 1600. The summed E-state index contributed by atoms with van der Waals surface area (Å²) in [6.45, 7) is 10.4. The number of nitrogens with one attached hydrogen (secondary N) is 2. The predicted octanol–water partition coefficient (Wildman–Crippen LogP) is 3.49. The normalized spacial score (nSPS) is 19.5. The topological polar surface area (TPSA) is 119 Å². The zero-order chi connectivity index (χ0) is 34.3. The van der Waals surface area contributed by atoms with Crippen LogP contribution in [-0.4, -0.2) is 118 Å². The molecule has 1 aromatic heterocycles. The lowest BCUT2D eigenvalue weighted by molar-refractivity contribution is -0.137. The van der Waals surface area contributed by atoms with Crippen molar-refractivity contribution >= 4 is 12.0 Å². The summed E-state index contributed by atoms with van der Waals surface area (Å²) in [5, 5.41) is 9.12. The van der Waals surface area contributed by atoms with Gasteiger partial charge in [0.05, 0.1) is 6.04 Å². The summed E-state index contributed by atoms with van der Waals surface area (Å²) in [6.07, 6.45) is 5.16. The summed E-state index contributed by atoms with van der Waals surface area (Å²) < 4.78 is 1.51. The van der Waals surface area contributed by atoms with Crippen molar-refractivity contribution in [1.29, 1.82) is 0 Å². The van der Waals surface area contributed by atoms with E-state index >= 15 is 0 Å². The molecule has 3 aliphatic rings. The largest absolute Gasteiger partial charge is 0.426 e. The van der Waals surface area contributed by atoms with Gasteiger partial charge < -0.3 is 20.0 Å². The monoisotopic (exact) mass is 672 g/mol. The molecule has 3 aromatic rings. The lowest BCUT2D eigenvalue weighted by atomic mass is 9.96. The van der Waals surface area contributed by atoms with Gasteiger partial charge in [0.2, 0.25) is 5.91 Å². The van der Waals surface area contributed by atoms with Crippen LogP contribution in [0.5, 0.6) is 0 Å². The smallest absolute Gasteiger partial charge is 0.351 e. The Balaban J connectivity index is 1.07. The highest BCUT2D eigenvalue weighted by Crippen LogP contribution is 2.23. The van der Waals surface area contributed by atoms with Crippen LogP contribution in [0.25, 0.3) is 11.4 Å². The summed E-state index contributed by atoms with van der Waals surface area (Å²) in [5.41, 5.74) is 4.21. The van der Waals surface area contributed by atoms with Crippen LogP contribution in [-0.2, 0) is 28.9 Å². The minimum absolute atomic E-state index is 0.0663. The van der Waals surface area contributed by atoms with Crippen LogP contribution in [0.15, 0.2) is 53.3 Å². The van der Waals surface area contributed by atoms with E-state index in [1.54, 1.807) is 5.06 Å². The number of hydrogen-bond acceptors (Lipinski definition) is 8. The van der Waals surface area contributed by atoms with E-state index in [9.17, 15) is 14.4 Å². The standard InChI is InChI=1S/C37H52N8O4/c1-4-28-12-11-27(25-29(28)5-2)26-33(35(46)43-23-21-42(22-24-43)31-13-17-41(3)18-14-31)38-37(48)49-44-19-15-32(16-20-44)45-36(47)39-34(40-45)30-9-7-6-8-10-30/h6-12,25,31-33H,4-5,13-24,26H2,1-3H3,(H,38,48)(H,39,40,47)/t33-/m1/s1. The Morgan fingerprint density at radius 2 is 1.55 bits per heavy atom. The molecule has 0 radical (unpaired) electrons. The van der Waals surface area contributed by atoms with Crippen molar-refractivity contribution in [3.63, 3.8) is 0 Å². The lowest BCUT2D eigenvalue weighted by Crippen LogP contribution is -2.58. The summed E-state index contributed by atoms with van der Waals surface area (Å²) in [5.74, 6) is 0.474. The predicted molar refractivity (Wildman–Crippen MR) is 189 cm³/mol. The third kappa shape index (κ3) is 8.60. The second-order valence-corrected chi connectivity index (χ2v) is 13.7. The number of hydrogen-bond donors (Lipinski definition) is 2. The third-order valence-electron chi connectivity index (χ3n) is 10.6. The van der Waals surface area contributed by atoms with E-state index in [0.717, 1.165) is 50.1 Å². The number of aryl methyl sites for hydroxylation is 2. The van der Waals surface area contributed by atoms with Crippen LogP contribution in [0.4, 0.5) is 4.79 Å². The number of aromatic amines is 1. The van der Waals surface area contributed by atoms with E-state index in [4.69, 9.17) is 4.84 Å². The van der Waals surface area contributed by atoms with Gasteiger partial charge in [0.1, 0.15) is 6.04 Å². The number of benzene rings is 2. The molecular formula is C37H52N8O4. The summed E-state index contributed by atoms with van der Waals surface area (Å²) >= 11 is 0. The van der Waals surface area contributed by atoms with Crippen molar-refractivity contribution in [2.24, 2.45) is 0 Å². The van der Waals surface area contributed by atoms with E-state index in [-0.39, 0.29) is 17.6 Å². The van der Waals surface area contributed by atoms with Crippen LogP contribution in [0, 0.1) is 0 Å². The van der Waals surface area contributed by atoms with Gasteiger partial charge in [-0.05, 0) is 75.4 Å². The summed E-state index contributed by atoms with van der Waals surface area (Å²) in [7, 11) is 2.18. The molecule has 4 heterocycles. The first kappa shape index (κ1) is 34.8. The highest BCUT2D eigenvalue weighted by Gasteiger charge is 2.33. The molecule has 0 spiro atoms. The van der Waals surface area contributed by atoms with Gasteiger partial charge in [-0.25, -0.2) is 14.3 Å². The minimum atomic E-state index is -0.740. The molecule has 0 bridgehead atoms. The maximum atomic E-state index is 14.0. The Morgan fingerprint density at radius 1 is 0.878 bits per heavy atom. The number of amides is 2. The molecule has 49 heavy (non-hydrogen) atoms.